The molecule has 0 aliphatic rings. The number of nitriles is 1. The van der Waals surface area contributed by atoms with Crippen LogP contribution in [0, 0.1) is 35.3 Å². The van der Waals surface area contributed by atoms with Crippen LogP contribution in [0.4, 0.5) is 11.4 Å². The van der Waals surface area contributed by atoms with Gasteiger partial charge in [-0.2, -0.15) is 5.26 Å². The number of nitro groups is 1. The minimum atomic E-state index is -0.683. The van der Waals surface area contributed by atoms with Crippen LogP contribution in [0.15, 0.2) is 66.2 Å². The minimum absolute atomic E-state index is 0.165. The molecule has 0 bridgehead atoms. The second-order valence-electron chi connectivity index (χ2n) is 7.55. The number of carbonyl (C=O) groups excluding carboxylic acids is 1. The van der Waals surface area contributed by atoms with Crippen molar-refractivity contribution in [3.63, 3.8) is 0 Å². The number of amides is 1. The van der Waals surface area contributed by atoms with Crippen LogP contribution < -0.4 is 14.8 Å². The highest BCUT2D eigenvalue weighted by Gasteiger charge is 2.13. The van der Waals surface area contributed by atoms with E-state index < -0.39 is 10.8 Å². The number of carbonyl (C=O) groups is 1. The summed E-state index contributed by atoms with van der Waals surface area (Å²) in [5.74, 6) is 0.295. The van der Waals surface area contributed by atoms with Gasteiger partial charge in [-0.15, -0.1) is 0 Å². The molecular formula is C26H23N3O5. The van der Waals surface area contributed by atoms with E-state index in [1.807, 2.05) is 25.1 Å². The SMILES string of the molecule is COc1cc(/C=C(\C#N)C(=O)Nc2cccc([N+](=O)[O-])c2)ccc1OCc1ccc(C)c(C)c1. The Hall–Kier alpha value is -4.64. The van der Waals surface area contributed by atoms with Gasteiger partial charge in [-0.3, -0.25) is 14.9 Å². The Labute approximate surface area is 197 Å². The van der Waals surface area contributed by atoms with Crippen LogP contribution in [0.25, 0.3) is 6.08 Å². The van der Waals surface area contributed by atoms with E-state index in [4.69, 9.17) is 9.47 Å². The van der Waals surface area contributed by atoms with E-state index in [2.05, 4.69) is 18.3 Å². The van der Waals surface area contributed by atoms with Gasteiger partial charge in [0, 0.05) is 17.8 Å². The molecule has 8 nitrogen and oxygen atoms in total. The highest BCUT2D eigenvalue weighted by molar-refractivity contribution is 6.09. The molecule has 0 unspecified atom stereocenters. The number of benzene rings is 3. The first-order valence-corrected chi connectivity index (χ1v) is 10.3. The van der Waals surface area contributed by atoms with Crippen LogP contribution in [-0.2, 0) is 11.4 Å². The minimum Gasteiger partial charge on any atom is -0.493 e. The van der Waals surface area contributed by atoms with E-state index >= 15 is 0 Å². The molecule has 0 aliphatic carbocycles. The lowest BCUT2D eigenvalue weighted by Crippen LogP contribution is -2.13. The van der Waals surface area contributed by atoms with Crippen LogP contribution in [0.5, 0.6) is 11.5 Å². The van der Waals surface area contributed by atoms with Crippen molar-refractivity contribution in [2.45, 2.75) is 20.5 Å². The maximum absolute atomic E-state index is 12.5. The van der Waals surface area contributed by atoms with Crippen LogP contribution in [-0.4, -0.2) is 17.9 Å². The molecule has 3 aromatic rings. The molecule has 0 aromatic heterocycles. The maximum atomic E-state index is 12.5. The fourth-order valence-corrected chi connectivity index (χ4v) is 3.16. The zero-order valence-electron chi connectivity index (χ0n) is 19.0. The number of rotatable bonds is 8. The Morgan fingerprint density at radius 1 is 1.09 bits per heavy atom. The third-order valence-corrected chi connectivity index (χ3v) is 5.14. The number of aryl methyl sites for hydroxylation is 2. The summed E-state index contributed by atoms with van der Waals surface area (Å²) < 4.78 is 11.3. The molecule has 0 radical (unpaired) electrons. The van der Waals surface area contributed by atoms with Crippen LogP contribution >= 0.6 is 0 Å². The van der Waals surface area contributed by atoms with Crippen LogP contribution in [0.3, 0.4) is 0 Å². The van der Waals surface area contributed by atoms with E-state index in [0.29, 0.717) is 23.7 Å². The van der Waals surface area contributed by atoms with Crippen molar-refractivity contribution < 1.29 is 19.2 Å². The summed E-state index contributed by atoms with van der Waals surface area (Å²) in [4.78, 5) is 22.9. The second-order valence-corrected chi connectivity index (χ2v) is 7.55. The van der Waals surface area contributed by atoms with Gasteiger partial charge in [-0.05, 0) is 60.4 Å². The second kappa shape index (κ2) is 10.8. The normalized spacial score (nSPS) is 10.8. The Morgan fingerprint density at radius 2 is 1.88 bits per heavy atom. The molecule has 34 heavy (non-hydrogen) atoms. The monoisotopic (exact) mass is 457 g/mol. The van der Waals surface area contributed by atoms with Gasteiger partial charge >= 0.3 is 0 Å². The smallest absolute Gasteiger partial charge is 0.271 e. The molecular weight excluding hydrogens is 434 g/mol. The Balaban J connectivity index is 1.76. The number of hydrogen-bond donors (Lipinski definition) is 1. The zero-order chi connectivity index (χ0) is 24.7. The molecule has 0 saturated carbocycles. The largest absolute Gasteiger partial charge is 0.493 e. The van der Waals surface area contributed by atoms with Gasteiger partial charge in [0.25, 0.3) is 11.6 Å². The average molecular weight is 457 g/mol. The van der Waals surface area contributed by atoms with Gasteiger partial charge < -0.3 is 14.8 Å². The molecule has 1 amide bonds. The van der Waals surface area contributed by atoms with Crippen molar-refractivity contribution >= 4 is 23.4 Å². The van der Waals surface area contributed by atoms with Crippen molar-refractivity contribution in [1.29, 1.82) is 5.26 Å². The number of nitrogens with zero attached hydrogens (tertiary/aromatic N) is 2. The maximum Gasteiger partial charge on any atom is 0.271 e. The molecule has 0 fully saturated rings. The summed E-state index contributed by atoms with van der Waals surface area (Å²) in [6, 6.07) is 18.5. The molecule has 0 saturated heterocycles. The summed E-state index contributed by atoms with van der Waals surface area (Å²) in [7, 11) is 1.51. The standard InChI is InChI=1S/C26H23N3O5/c1-17-7-8-20(11-18(17)2)16-34-24-10-9-19(13-25(24)33-3)12-21(15-27)26(30)28-22-5-4-6-23(14-22)29(31)32/h4-14H,16H2,1-3H3,(H,28,30)/b21-12+. The molecule has 172 valence electrons. The topological polar surface area (TPSA) is 114 Å². The highest BCUT2D eigenvalue weighted by atomic mass is 16.6. The van der Waals surface area contributed by atoms with Gasteiger partial charge in [0.1, 0.15) is 18.2 Å². The van der Waals surface area contributed by atoms with Crippen LogP contribution in [0.1, 0.15) is 22.3 Å². The van der Waals surface area contributed by atoms with Crippen molar-refractivity contribution in [2.24, 2.45) is 0 Å². The lowest BCUT2D eigenvalue weighted by Gasteiger charge is -2.12. The van der Waals surface area contributed by atoms with Crippen molar-refractivity contribution in [2.75, 3.05) is 12.4 Å². The zero-order valence-corrected chi connectivity index (χ0v) is 19.0. The van der Waals surface area contributed by atoms with Crippen LogP contribution in [0.2, 0.25) is 0 Å². The van der Waals surface area contributed by atoms with Gasteiger partial charge in [0.2, 0.25) is 0 Å². The Bertz CT molecular complexity index is 1310. The molecule has 1 N–H and O–H groups in total. The Morgan fingerprint density at radius 3 is 2.56 bits per heavy atom. The fourth-order valence-electron chi connectivity index (χ4n) is 3.16. The summed E-state index contributed by atoms with van der Waals surface area (Å²) >= 11 is 0. The van der Waals surface area contributed by atoms with Gasteiger partial charge in [-0.25, -0.2) is 0 Å². The molecule has 0 spiro atoms. The summed E-state index contributed by atoms with van der Waals surface area (Å²) in [6.45, 7) is 4.46. The van der Waals surface area contributed by atoms with E-state index in [9.17, 15) is 20.2 Å². The number of non-ortho nitro benzene ring substituents is 1. The summed E-state index contributed by atoms with van der Waals surface area (Å²) in [5, 5.41) is 22.9. The Kier molecular flexibility index (Phi) is 7.62. The number of hydrogen-bond acceptors (Lipinski definition) is 6. The molecule has 3 rings (SSSR count). The predicted octanol–water partition coefficient (Wildman–Crippen LogP) is 5.34. The number of ether oxygens (including phenoxy) is 2. The van der Waals surface area contributed by atoms with E-state index in [-0.39, 0.29) is 16.9 Å². The third-order valence-electron chi connectivity index (χ3n) is 5.14. The lowest BCUT2D eigenvalue weighted by molar-refractivity contribution is -0.384. The third kappa shape index (κ3) is 5.99. The number of nitro benzene ring substituents is 1. The van der Waals surface area contributed by atoms with Crippen molar-refractivity contribution in [3.8, 4) is 17.6 Å². The van der Waals surface area contributed by atoms with Crippen molar-refractivity contribution in [3.05, 3.63) is 98.6 Å². The van der Waals surface area contributed by atoms with E-state index in [1.165, 1.54) is 48.6 Å². The number of nitrogens with one attached hydrogen (secondary N) is 1. The van der Waals surface area contributed by atoms with Gasteiger partial charge in [-0.1, -0.05) is 30.3 Å². The number of methoxy groups -OCH3 is 1. The van der Waals surface area contributed by atoms with E-state index in [1.54, 1.807) is 18.2 Å². The van der Waals surface area contributed by atoms with E-state index in [0.717, 1.165) is 5.56 Å². The first-order chi connectivity index (χ1) is 16.3. The molecule has 3 aromatic carbocycles. The molecule has 0 heterocycles. The van der Waals surface area contributed by atoms with Crippen molar-refractivity contribution in [1.82, 2.24) is 0 Å². The first kappa shape index (κ1) is 24.0. The quantitative estimate of drug-likeness (QED) is 0.211. The lowest BCUT2D eigenvalue weighted by atomic mass is 10.1. The summed E-state index contributed by atoms with van der Waals surface area (Å²) in [5.41, 5.74) is 3.85. The molecule has 0 aliphatic heterocycles. The number of anilines is 1. The highest BCUT2D eigenvalue weighted by Crippen LogP contribution is 2.30. The fraction of sp³-hybridized carbons (Fsp3) is 0.154. The van der Waals surface area contributed by atoms with Gasteiger partial charge in [0.05, 0.1) is 12.0 Å². The molecule has 8 heteroatoms. The van der Waals surface area contributed by atoms with Gasteiger partial charge in [0.15, 0.2) is 11.5 Å². The molecule has 0 atom stereocenters. The predicted molar refractivity (Wildman–Crippen MR) is 129 cm³/mol. The summed E-state index contributed by atoms with van der Waals surface area (Å²) in [6.07, 6.45) is 1.41. The first-order valence-electron chi connectivity index (χ1n) is 10.3. The average Bonchev–Trinajstić information content (AvgIpc) is 2.83.